The van der Waals surface area contributed by atoms with E-state index in [2.05, 4.69) is 0 Å². The van der Waals surface area contributed by atoms with E-state index >= 15 is 0 Å². The summed E-state index contributed by atoms with van der Waals surface area (Å²) < 4.78 is 45.8. The molecule has 2 aromatic rings. The summed E-state index contributed by atoms with van der Waals surface area (Å²) in [5.41, 5.74) is 1.62. The molecule has 0 atom stereocenters. The molecule has 8 heteroatoms. The van der Waals surface area contributed by atoms with Crippen LogP contribution >= 0.6 is 0 Å². The quantitative estimate of drug-likeness (QED) is 0.566. The predicted molar refractivity (Wildman–Crippen MR) is 114 cm³/mol. The van der Waals surface area contributed by atoms with Crippen molar-refractivity contribution in [2.45, 2.75) is 38.0 Å². The van der Waals surface area contributed by atoms with Crippen molar-refractivity contribution in [2.75, 3.05) is 31.1 Å². The lowest BCUT2D eigenvalue weighted by molar-refractivity contribution is -0.118. The maximum absolute atomic E-state index is 13.6. The van der Waals surface area contributed by atoms with E-state index in [0.29, 0.717) is 32.5 Å². The van der Waals surface area contributed by atoms with Gasteiger partial charge in [0.25, 0.3) is 0 Å². The zero-order valence-corrected chi connectivity index (χ0v) is 18.1. The average Bonchev–Trinajstić information content (AvgIpc) is 3.16. The molecule has 0 bridgehead atoms. The van der Waals surface area contributed by atoms with E-state index in [1.807, 2.05) is 13.8 Å². The first-order valence-electron chi connectivity index (χ1n) is 10.2. The molecule has 1 heterocycles. The largest absolute Gasteiger partial charge is 0.491 e. The highest BCUT2D eigenvalue weighted by atomic mass is 32.2. The number of para-hydroxylation sites is 1. The van der Waals surface area contributed by atoms with Gasteiger partial charge in [0.2, 0.25) is 15.9 Å². The van der Waals surface area contributed by atoms with Crippen LogP contribution in [0.5, 0.6) is 5.75 Å². The first-order valence-corrected chi connectivity index (χ1v) is 11.6. The monoisotopic (exact) mass is 434 g/mol. The number of carbonyl (C=O) groups is 1. The third-order valence-electron chi connectivity index (χ3n) is 5.22. The Kier molecular flexibility index (Phi) is 7.10. The number of fused-ring (bicyclic) bond motifs is 1. The van der Waals surface area contributed by atoms with Crippen LogP contribution in [-0.4, -0.2) is 44.9 Å². The van der Waals surface area contributed by atoms with Gasteiger partial charge in [0.1, 0.15) is 0 Å². The van der Waals surface area contributed by atoms with Gasteiger partial charge in [0.05, 0.1) is 11.5 Å². The first-order chi connectivity index (χ1) is 14.4. The van der Waals surface area contributed by atoms with Crippen molar-refractivity contribution in [3.05, 3.63) is 53.8 Å². The highest BCUT2D eigenvalue weighted by molar-refractivity contribution is 7.89. The molecule has 162 valence electrons. The van der Waals surface area contributed by atoms with E-state index in [0.717, 1.165) is 11.3 Å². The minimum absolute atomic E-state index is 0.0507. The summed E-state index contributed by atoms with van der Waals surface area (Å²) in [4.78, 5) is 14.6. The standard InChI is InChI=1S/C22H27FN2O4S/c1-3-24(4-2)30(27,28)18-11-12-20-17(16-18)13-14-25(20)22(26)10-7-15-29-21-9-6-5-8-19(21)23/h5-6,8-9,11-12,16H,3-4,7,10,13-15H2,1-2H3. The predicted octanol–water partition coefficient (Wildman–Crippen LogP) is 3.60. The van der Waals surface area contributed by atoms with E-state index in [4.69, 9.17) is 4.74 Å². The summed E-state index contributed by atoms with van der Waals surface area (Å²) in [6, 6.07) is 11.1. The topological polar surface area (TPSA) is 66.9 Å². The van der Waals surface area contributed by atoms with Crippen LogP contribution in [0.1, 0.15) is 32.3 Å². The SMILES string of the molecule is CCN(CC)S(=O)(=O)c1ccc2c(c1)CCN2C(=O)CCCOc1ccccc1F. The van der Waals surface area contributed by atoms with Crippen LogP contribution in [0.2, 0.25) is 0 Å². The number of anilines is 1. The van der Waals surface area contributed by atoms with Crippen LogP contribution in [0.4, 0.5) is 10.1 Å². The Labute approximate surface area is 177 Å². The van der Waals surface area contributed by atoms with Gasteiger partial charge in [-0.1, -0.05) is 26.0 Å². The van der Waals surface area contributed by atoms with Gasteiger partial charge >= 0.3 is 0 Å². The lowest BCUT2D eigenvalue weighted by Crippen LogP contribution is -2.30. The van der Waals surface area contributed by atoms with E-state index in [9.17, 15) is 17.6 Å². The molecule has 0 saturated carbocycles. The molecule has 3 rings (SSSR count). The minimum atomic E-state index is -3.53. The summed E-state index contributed by atoms with van der Waals surface area (Å²) in [5.74, 6) is -0.295. The summed E-state index contributed by atoms with van der Waals surface area (Å²) in [7, 11) is -3.53. The van der Waals surface area contributed by atoms with E-state index < -0.39 is 15.8 Å². The lowest BCUT2D eigenvalue weighted by atomic mass is 10.2. The molecule has 0 unspecified atom stereocenters. The molecule has 0 aliphatic carbocycles. The normalized spacial score (nSPS) is 13.5. The van der Waals surface area contributed by atoms with Gasteiger partial charge in [-0.25, -0.2) is 12.8 Å². The molecule has 0 radical (unpaired) electrons. The molecular formula is C22H27FN2O4S. The van der Waals surface area contributed by atoms with Crippen LogP contribution in [0.25, 0.3) is 0 Å². The molecule has 0 fully saturated rings. The third kappa shape index (κ3) is 4.65. The second-order valence-corrected chi connectivity index (χ2v) is 9.00. The molecule has 0 spiro atoms. The molecule has 1 aliphatic heterocycles. The van der Waals surface area contributed by atoms with Gasteiger partial charge in [-0.2, -0.15) is 4.31 Å². The number of ether oxygens (including phenoxy) is 1. The lowest BCUT2D eigenvalue weighted by Gasteiger charge is -2.20. The van der Waals surface area contributed by atoms with Gasteiger partial charge in [-0.05, 0) is 48.7 Å². The number of amides is 1. The summed E-state index contributed by atoms with van der Waals surface area (Å²) >= 11 is 0. The number of benzene rings is 2. The van der Waals surface area contributed by atoms with Crippen molar-refractivity contribution in [1.82, 2.24) is 4.31 Å². The molecule has 30 heavy (non-hydrogen) atoms. The number of halogens is 1. The van der Waals surface area contributed by atoms with Gasteiger partial charge in [-0.3, -0.25) is 4.79 Å². The van der Waals surface area contributed by atoms with Crippen LogP contribution < -0.4 is 9.64 Å². The first kappa shape index (κ1) is 22.2. The van der Waals surface area contributed by atoms with Crippen LogP contribution in [-0.2, 0) is 21.2 Å². The van der Waals surface area contributed by atoms with E-state index in [1.54, 1.807) is 41.3 Å². The van der Waals surface area contributed by atoms with Crippen molar-refractivity contribution in [1.29, 1.82) is 0 Å². The Morgan fingerprint density at radius 2 is 1.90 bits per heavy atom. The fourth-order valence-corrected chi connectivity index (χ4v) is 5.12. The van der Waals surface area contributed by atoms with E-state index in [-0.39, 0.29) is 29.6 Å². The molecule has 2 aromatic carbocycles. The summed E-state index contributed by atoms with van der Waals surface area (Å²) in [6.07, 6.45) is 1.36. The smallest absolute Gasteiger partial charge is 0.243 e. The third-order valence-corrected chi connectivity index (χ3v) is 7.27. The average molecular weight is 435 g/mol. The molecule has 0 N–H and O–H groups in total. The van der Waals surface area contributed by atoms with Crippen LogP contribution in [0, 0.1) is 5.82 Å². The maximum Gasteiger partial charge on any atom is 0.243 e. The summed E-state index contributed by atoms with van der Waals surface area (Å²) in [5, 5.41) is 0. The molecule has 1 aliphatic rings. The number of carbonyl (C=O) groups excluding carboxylic acids is 1. The number of nitrogens with zero attached hydrogens (tertiary/aromatic N) is 2. The van der Waals surface area contributed by atoms with E-state index in [1.165, 1.54) is 10.4 Å². The number of rotatable bonds is 9. The molecule has 0 aromatic heterocycles. The van der Waals surface area contributed by atoms with Crippen LogP contribution in [0.3, 0.4) is 0 Å². The van der Waals surface area contributed by atoms with Gasteiger partial charge in [0, 0.05) is 31.7 Å². The second kappa shape index (κ2) is 9.57. The Bertz CT molecular complexity index is 1010. The van der Waals surface area contributed by atoms with Gasteiger partial charge in [0.15, 0.2) is 11.6 Å². The van der Waals surface area contributed by atoms with Crippen molar-refractivity contribution in [3.63, 3.8) is 0 Å². The Morgan fingerprint density at radius 1 is 1.17 bits per heavy atom. The maximum atomic E-state index is 13.6. The second-order valence-electron chi connectivity index (χ2n) is 7.06. The fourth-order valence-electron chi connectivity index (χ4n) is 3.61. The molecule has 0 saturated heterocycles. The number of hydrogen-bond donors (Lipinski definition) is 0. The zero-order chi connectivity index (χ0) is 21.7. The summed E-state index contributed by atoms with van der Waals surface area (Å²) in [6.45, 7) is 5.21. The Balaban J connectivity index is 1.61. The highest BCUT2D eigenvalue weighted by Crippen LogP contribution is 2.31. The highest BCUT2D eigenvalue weighted by Gasteiger charge is 2.28. The van der Waals surface area contributed by atoms with Gasteiger partial charge < -0.3 is 9.64 Å². The van der Waals surface area contributed by atoms with Crippen LogP contribution in [0.15, 0.2) is 47.4 Å². The van der Waals surface area contributed by atoms with Crippen molar-refractivity contribution >= 4 is 21.6 Å². The Hall–Kier alpha value is -2.45. The zero-order valence-electron chi connectivity index (χ0n) is 17.3. The van der Waals surface area contributed by atoms with Crippen molar-refractivity contribution in [3.8, 4) is 5.75 Å². The molecule has 6 nitrogen and oxygen atoms in total. The van der Waals surface area contributed by atoms with Gasteiger partial charge in [-0.15, -0.1) is 0 Å². The Morgan fingerprint density at radius 3 is 2.60 bits per heavy atom. The minimum Gasteiger partial charge on any atom is -0.491 e. The van der Waals surface area contributed by atoms with Crippen molar-refractivity contribution in [2.24, 2.45) is 0 Å². The van der Waals surface area contributed by atoms with Crippen molar-refractivity contribution < 1.29 is 22.3 Å². The number of sulfonamides is 1. The fraction of sp³-hybridized carbons (Fsp3) is 0.409. The molecule has 1 amide bonds. The number of hydrogen-bond acceptors (Lipinski definition) is 4. The molecular weight excluding hydrogens is 407 g/mol.